The van der Waals surface area contributed by atoms with Crippen LogP contribution in [0.2, 0.25) is 0 Å². The summed E-state index contributed by atoms with van der Waals surface area (Å²) in [4.78, 5) is 12.4. The van der Waals surface area contributed by atoms with Crippen LogP contribution in [0, 0.1) is 0 Å². The predicted molar refractivity (Wildman–Crippen MR) is 130 cm³/mol. The van der Waals surface area contributed by atoms with Gasteiger partial charge >= 0.3 is 0 Å². The Morgan fingerprint density at radius 3 is 2.26 bits per heavy atom. The Morgan fingerprint density at radius 2 is 1.52 bits per heavy atom. The van der Waals surface area contributed by atoms with Crippen molar-refractivity contribution < 1.29 is 4.42 Å². The maximum Gasteiger partial charge on any atom is 0.135 e. The van der Waals surface area contributed by atoms with Crippen LogP contribution in [-0.4, -0.2) is 42.8 Å². The SMILES string of the molecule is C(=C/c1cc2ccc(C3=NCCN3)cc2o1)/c1cc2cc(C3=NCCN3)ccc2[nH]1.Cl. The van der Waals surface area contributed by atoms with Gasteiger partial charge in [0.2, 0.25) is 0 Å². The number of aromatic amines is 1. The lowest BCUT2D eigenvalue weighted by Crippen LogP contribution is -2.19. The summed E-state index contributed by atoms with van der Waals surface area (Å²) in [6.07, 6.45) is 4.05. The van der Waals surface area contributed by atoms with Gasteiger partial charge < -0.3 is 20.0 Å². The van der Waals surface area contributed by atoms with Gasteiger partial charge in [-0.15, -0.1) is 12.4 Å². The quantitative estimate of drug-likeness (QED) is 0.453. The van der Waals surface area contributed by atoms with E-state index in [0.717, 1.165) is 76.9 Å². The average molecular weight is 432 g/mol. The first-order valence-electron chi connectivity index (χ1n) is 10.2. The third-order valence-electron chi connectivity index (χ3n) is 5.50. The van der Waals surface area contributed by atoms with Crippen molar-refractivity contribution in [3.8, 4) is 0 Å². The first kappa shape index (κ1) is 19.5. The van der Waals surface area contributed by atoms with Crippen LogP contribution >= 0.6 is 12.4 Å². The molecular formula is C24H22ClN5O. The van der Waals surface area contributed by atoms with Gasteiger partial charge in [-0.05, 0) is 48.6 Å². The number of benzene rings is 2. The van der Waals surface area contributed by atoms with Gasteiger partial charge in [-0.3, -0.25) is 9.98 Å². The summed E-state index contributed by atoms with van der Waals surface area (Å²) in [5, 5.41) is 8.89. The lowest BCUT2D eigenvalue weighted by molar-refractivity contribution is 0.604. The third-order valence-corrected chi connectivity index (χ3v) is 5.50. The van der Waals surface area contributed by atoms with E-state index in [0.29, 0.717) is 0 Å². The van der Waals surface area contributed by atoms with E-state index in [1.165, 1.54) is 5.39 Å². The highest BCUT2D eigenvalue weighted by Crippen LogP contribution is 2.24. The molecule has 156 valence electrons. The first-order valence-corrected chi connectivity index (χ1v) is 10.2. The van der Waals surface area contributed by atoms with E-state index in [1.54, 1.807) is 0 Å². The van der Waals surface area contributed by atoms with Gasteiger partial charge in [0.1, 0.15) is 23.0 Å². The van der Waals surface area contributed by atoms with Crippen molar-refractivity contribution in [3.63, 3.8) is 0 Å². The van der Waals surface area contributed by atoms with Crippen LogP contribution in [0.5, 0.6) is 0 Å². The van der Waals surface area contributed by atoms with E-state index in [1.807, 2.05) is 18.2 Å². The number of amidine groups is 2. The molecule has 0 unspecified atom stereocenters. The predicted octanol–water partition coefficient (Wildman–Crippen LogP) is 4.21. The molecular weight excluding hydrogens is 410 g/mol. The van der Waals surface area contributed by atoms with Gasteiger partial charge in [0.05, 0.1) is 13.1 Å². The second-order valence-electron chi connectivity index (χ2n) is 7.58. The monoisotopic (exact) mass is 431 g/mol. The molecule has 2 aliphatic heterocycles. The van der Waals surface area contributed by atoms with Crippen molar-refractivity contribution >= 4 is 58.1 Å². The van der Waals surface area contributed by atoms with Crippen molar-refractivity contribution in [2.45, 2.75) is 0 Å². The molecule has 3 N–H and O–H groups in total. The van der Waals surface area contributed by atoms with Gasteiger partial charge in [0, 0.05) is 46.2 Å². The van der Waals surface area contributed by atoms with Crippen LogP contribution in [-0.2, 0) is 0 Å². The minimum Gasteiger partial charge on any atom is -0.457 e. The van der Waals surface area contributed by atoms with Gasteiger partial charge in [-0.1, -0.05) is 12.1 Å². The molecule has 0 saturated carbocycles. The number of aromatic nitrogens is 1. The Balaban J connectivity index is 0.00000204. The summed E-state index contributed by atoms with van der Waals surface area (Å²) >= 11 is 0. The van der Waals surface area contributed by atoms with Crippen LogP contribution in [0.15, 0.2) is 62.9 Å². The van der Waals surface area contributed by atoms with Gasteiger partial charge in [-0.2, -0.15) is 0 Å². The molecule has 6 nitrogen and oxygen atoms in total. The second kappa shape index (κ2) is 7.96. The highest BCUT2D eigenvalue weighted by atomic mass is 35.5. The number of hydrogen-bond acceptors (Lipinski definition) is 5. The number of nitrogens with zero attached hydrogens (tertiary/aromatic N) is 2. The van der Waals surface area contributed by atoms with Gasteiger partial charge in [0.15, 0.2) is 0 Å². The zero-order valence-corrected chi connectivity index (χ0v) is 17.6. The molecule has 0 atom stereocenters. The van der Waals surface area contributed by atoms with E-state index in [2.05, 4.69) is 68.1 Å². The largest absolute Gasteiger partial charge is 0.457 e. The molecule has 0 aliphatic carbocycles. The highest BCUT2D eigenvalue weighted by Gasteiger charge is 2.11. The van der Waals surface area contributed by atoms with E-state index in [9.17, 15) is 0 Å². The number of fused-ring (bicyclic) bond motifs is 2. The van der Waals surface area contributed by atoms with E-state index < -0.39 is 0 Å². The smallest absolute Gasteiger partial charge is 0.135 e. The Hall–Kier alpha value is -3.51. The van der Waals surface area contributed by atoms with Crippen molar-refractivity contribution in [1.82, 2.24) is 15.6 Å². The number of furan rings is 1. The van der Waals surface area contributed by atoms with Crippen LogP contribution < -0.4 is 10.6 Å². The summed E-state index contributed by atoms with van der Waals surface area (Å²) < 4.78 is 6.04. The normalized spacial score (nSPS) is 15.7. The Morgan fingerprint density at radius 1 is 0.774 bits per heavy atom. The lowest BCUT2D eigenvalue weighted by atomic mass is 10.1. The summed E-state index contributed by atoms with van der Waals surface area (Å²) in [5.41, 5.74) is 5.21. The molecule has 4 heterocycles. The molecule has 0 bridgehead atoms. The second-order valence-corrected chi connectivity index (χ2v) is 7.58. The van der Waals surface area contributed by atoms with E-state index >= 15 is 0 Å². The zero-order valence-electron chi connectivity index (χ0n) is 16.8. The highest BCUT2D eigenvalue weighted by molar-refractivity contribution is 6.03. The molecule has 4 aromatic rings. The lowest BCUT2D eigenvalue weighted by Gasteiger charge is -2.01. The summed E-state index contributed by atoms with van der Waals surface area (Å²) in [5.74, 6) is 2.75. The Bertz CT molecular complexity index is 1260. The molecule has 6 rings (SSSR count). The summed E-state index contributed by atoms with van der Waals surface area (Å²) in [7, 11) is 0. The molecule has 0 saturated heterocycles. The number of nitrogens with one attached hydrogen (secondary N) is 3. The Kier molecular flexibility index (Phi) is 5.00. The molecule has 2 aromatic carbocycles. The first-order chi connectivity index (χ1) is 14.8. The van der Waals surface area contributed by atoms with E-state index in [4.69, 9.17) is 4.42 Å². The van der Waals surface area contributed by atoms with E-state index in [-0.39, 0.29) is 12.4 Å². The Labute approximate surface area is 185 Å². The van der Waals surface area contributed by atoms with Gasteiger partial charge in [-0.25, -0.2) is 0 Å². The number of rotatable bonds is 4. The number of H-pyrrole nitrogens is 1. The number of hydrogen-bond donors (Lipinski definition) is 3. The van der Waals surface area contributed by atoms with Crippen LogP contribution in [0.4, 0.5) is 0 Å². The zero-order chi connectivity index (χ0) is 19.9. The minimum absolute atomic E-state index is 0. The molecule has 2 aromatic heterocycles. The number of halogens is 1. The van der Waals surface area contributed by atoms with Crippen molar-refractivity contribution in [1.29, 1.82) is 0 Å². The molecule has 0 spiro atoms. The van der Waals surface area contributed by atoms with Crippen molar-refractivity contribution in [2.24, 2.45) is 9.98 Å². The minimum atomic E-state index is 0. The standard InChI is InChI=1S/C24H21N5O.ClH/c1-2-17(24-27-9-10-28-24)14-22-15(1)13-20(30-22)5-4-19-12-18-11-16(3-6-21(18)29-19)23-25-7-8-26-23;/h1-6,11-14,29H,7-10H2,(H,25,26)(H,27,28);1H/b5-4-;. The molecule has 0 fully saturated rings. The molecule has 0 amide bonds. The van der Waals surface area contributed by atoms with Crippen LogP contribution in [0.3, 0.4) is 0 Å². The maximum atomic E-state index is 6.04. The average Bonchev–Trinajstić information content (AvgIpc) is 3.56. The fourth-order valence-corrected chi connectivity index (χ4v) is 4.03. The summed E-state index contributed by atoms with van der Waals surface area (Å²) in [6.45, 7) is 3.49. The fourth-order valence-electron chi connectivity index (χ4n) is 4.03. The number of aliphatic imine (C=N–C) groups is 2. The fraction of sp³-hybridized carbons (Fsp3) is 0.167. The maximum absolute atomic E-state index is 6.04. The van der Waals surface area contributed by atoms with Crippen molar-refractivity contribution in [3.05, 3.63) is 71.1 Å². The van der Waals surface area contributed by atoms with Crippen LogP contribution in [0.25, 0.3) is 34.0 Å². The molecule has 31 heavy (non-hydrogen) atoms. The van der Waals surface area contributed by atoms with Crippen molar-refractivity contribution in [2.75, 3.05) is 26.2 Å². The van der Waals surface area contributed by atoms with Gasteiger partial charge in [0.25, 0.3) is 0 Å². The summed E-state index contributed by atoms with van der Waals surface area (Å²) in [6, 6.07) is 16.8. The topological polar surface area (TPSA) is 77.7 Å². The van der Waals surface area contributed by atoms with Crippen LogP contribution in [0.1, 0.15) is 22.6 Å². The molecule has 2 aliphatic rings. The molecule has 7 heteroatoms. The third kappa shape index (κ3) is 3.70. The molecule has 0 radical (unpaired) electrons.